The number of Topliss-reactive ketones (excluding diaryl/α,β-unsaturated/α-hetero) is 1. The maximum atomic E-state index is 15.4. The molecule has 0 unspecified atom stereocenters. The number of carbonyl (C=O) groups excluding carboxylic acids is 1. The molecule has 4 rings (SSSR count). The predicted molar refractivity (Wildman–Crippen MR) is 135 cm³/mol. The van der Waals surface area contributed by atoms with E-state index in [-0.39, 0.29) is 42.4 Å². The third kappa shape index (κ3) is 4.26. The number of nitrogens with two attached hydrogens (primary N) is 1. The number of ketones is 1. The fourth-order valence-corrected chi connectivity index (χ4v) is 8.08. The zero-order valence-electron chi connectivity index (χ0n) is 20.8. The van der Waals surface area contributed by atoms with Crippen molar-refractivity contribution in [1.82, 2.24) is 13.6 Å². The summed E-state index contributed by atoms with van der Waals surface area (Å²) < 4.78 is 72.7. The maximum Gasteiger partial charge on any atom is 0.247 e. The minimum absolute atomic E-state index is 0.0835. The fraction of sp³-hybridized carbons (Fsp3) is 0.435. The summed E-state index contributed by atoms with van der Waals surface area (Å²) in [5.74, 6) is -0.968. The number of halogens is 1. The van der Waals surface area contributed by atoms with E-state index in [4.69, 9.17) is 10.5 Å². The van der Waals surface area contributed by atoms with E-state index in [1.54, 1.807) is 6.07 Å². The number of hydrogen-bond acceptors (Lipinski definition) is 9. The third-order valence-corrected chi connectivity index (χ3v) is 11.1. The number of aliphatic imine (C=N–C) groups is 1. The number of benzene rings is 1. The Kier molecular flexibility index (Phi) is 6.57. The number of aromatic nitrogens is 1. The molecular weight excluding hydrogens is 525 g/mol. The first-order chi connectivity index (χ1) is 17.2. The van der Waals surface area contributed by atoms with Gasteiger partial charge in [0.25, 0.3) is 0 Å². The molecule has 2 aliphatic heterocycles. The minimum atomic E-state index is -4.29. The second-order valence-corrected chi connectivity index (χ2v) is 13.6. The Bertz CT molecular complexity index is 1500. The second-order valence-electron chi connectivity index (χ2n) is 9.35. The first-order valence-corrected chi connectivity index (χ1v) is 14.6. The molecule has 2 aliphatic rings. The zero-order valence-corrected chi connectivity index (χ0v) is 22.4. The lowest BCUT2D eigenvalue weighted by Gasteiger charge is -2.48. The van der Waals surface area contributed by atoms with Crippen molar-refractivity contribution in [3.63, 3.8) is 0 Å². The van der Waals surface area contributed by atoms with Crippen LogP contribution in [0.3, 0.4) is 0 Å². The highest BCUT2D eigenvalue weighted by Crippen LogP contribution is 2.52. The van der Waals surface area contributed by atoms with Crippen molar-refractivity contribution in [2.45, 2.75) is 30.1 Å². The highest BCUT2D eigenvalue weighted by Gasteiger charge is 2.66. The summed E-state index contributed by atoms with van der Waals surface area (Å²) in [5, 5.41) is 0. The van der Waals surface area contributed by atoms with Gasteiger partial charge in [-0.3, -0.25) is 4.79 Å². The molecule has 0 saturated carbocycles. The molecule has 2 N–H and O–H groups in total. The molecular formula is C23H28FN5O6S2. The second kappa shape index (κ2) is 9.03. The number of guanidine groups is 1. The molecule has 1 aromatic carbocycles. The third-order valence-electron chi connectivity index (χ3n) is 7.25. The van der Waals surface area contributed by atoms with E-state index in [2.05, 4.69) is 9.98 Å². The number of sulfonamides is 2. The van der Waals surface area contributed by atoms with Gasteiger partial charge in [-0.2, -0.15) is 0 Å². The van der Waals surface area contributed by atoms with Crippen molar-refractivity contribution in [2.75, 3.05) is 33.5 Å². The average molecular weight is 554 g/mol. The Morgan fingerprint density at radius 3 is 2.54 bits per heavy atom. The van der Waals surface area contributed by atoms with Gasteiger partial charge >= 0.3 is 0 Å². The van der Waals surface area contributed by atoms with E-state index >= 15 is 4.39 Å². The van der Waals surface area contributed by atoms with E-state index in [0.717, 1.165) is 20.9 Å². The number of hydrogen-bond donors (Lipinski definition) is 1. The molecule has 1 saturated heterocycles. The van der Waals surface area contributed by atoms with Crippen LogP contribution in [0.2, 0.25) is 0 Å². The number of rotatable bonds is 6. The van der Waals surface area contributed by atoms with Crippen LogP contribution in [0.15, 0.2) is 41.5 Å². The van der Waals surface area contributed by atoms with E-state index in [0.29, 0.717) is 11.3 Å². The molecule has 3 heterocycles. The van der Waals surface area contributed by atoms with Crippen LogP contribution in [0.1, 0.15) is 35.0 Å². The molecule has 0 radical (unpaired) electrons. The SMILES string of the molecule is COc1ccc(C(=O)Cc2ccc(F)c([C@@]3(C)N=C(N)N(C)S(=O)(=O)[C@@]34CCN(S(C)(=O)=O)C4)c2)nc1. The highest BCUT2D eigenvalue weighted by molar-refractivity contribution is 7.91. The lowest BCUT2D eigenvalue weighted by atomic mass is 9.77. The normalized spacial score (nSPS) is 25.8. The fourth-order valence-electron chi connectivity index (χ4n) is 4.98. The van der Waals surface area contributed by atoms with Gasteiger partial charge in [-0.25, -0.2) is 39.8 Å². The summed E-state index contributed by atoms with van der Waals surface area (Å²) in [7, 11) is -5.33. The molecule has 37 heavy (non-hydrogen) atoms. The standard InChI is InChI=1S/C23H28FN5O6S2/c1-22(23(9-10-29(14-23)36(4,31)32)37(33,34)28(2)21(25)27-22)17-11-15(5-7-18(17)24)12-20(30)19-8-6-16(35-3)13-26-19/h5-8,11,13H,9-10,12,14H2,1-4H3,(H2,25,27)/t22-,23-/m1/s1. The number of ether oxygens (including phenoxy) is 1. The van der Waals surface area contributed by atoms with Gasteiger partial charge in [-0.15, -0.1) is 0 Å². The Labute approximate surface area is 215 Å². The molecule has 200 valence electrons. The summed E-state index contributed by atoms with van der Waals surface area (Å²) in [6, 6.07) is 7.05. The van der Waals surface area contributed by atoms with Gasteiger partial charge in [-0.1, -0.05) is 6.07 Å². The Balaban J connectivity index is 1.81. The Morgan fingerprint density at radius 1 is 1.27 bits per heavy atom. The summed E-state index contributed by atoms with van der Waals surface area (Å²) in [6.45, 7) is 0.926. The van der Waals surface area contributed by atoms with Gasteiger partial charge in [0.2, 0.25) is 26.0 Å². The molecule has 2 atom stereocenters. The van der Waals surface area contributed by atoms with Crippen molar-refractivity contribution >= 4 is 31.8 Å². The highest BCUT2D eigenvalue weighted by atomic mass is 32.2. The van der Waals surface area contributed by atoms with Crippen LogP contribution in [-0.2, 0) is 32.0 Å². The number of carbonyl (C=O) groups is 1. The molecule has 0 bridgehead atoms. The average Bonchev–Trinajstić information content (AvgIpc) is 3.32. The Morgan fingerprint density at radius 2 is 1.97 bits per heavy atom. The molecule has 0 aliphatic carbocycles. The monoisotopic (exact) mass is 553 g/mol. The largest absolute Gasteiger partial charge is 0.495 e. The van der Waals surface area contributed by atoms with Crippen LogP contribution in [0.5, 0.6) is 5.75 Å². The van der Waals surface area contributed by atoms with Gasteiger partial charge in [0.15, 0.2) is 5.78 Å². The van der Waals surface area contributed by atoms with Crippen LogP contribution < -0.4 is 10.5 Å². The van der Waals surface area contributed by atoms with Crippen molar-refractivity contribution < 1.29 is 30.8 Å². The van der Waals surface area contributed by atoms with Crippen molar-refractivity contribution in [3.8, 4) is 5.75 Å². The van der Waals surface area contributed by atoms with Crippen LogP contribution in [-0.4, -0.2) is 80.4 Å². The van der Waals surface area contributed by atoms with Gasteiger partial charge in [0.1, 0.15) is 27.5 Å². The molecule has 1 fully saturated rings. The molecule has 11 nitrogen and oxygen atoms in total. The topological polar surface area (TPSA) is 152 Å². The van der Waals surface area contributed by atoms with Gasteiger partial charge in [0.05, 0.1) is 19.6 Å². The van der Waals surface area contributed by atoms with Crippen molar-refractivity contribution in [1.29, 1.82) is 0 Å². The first kappa shape index (κ1) is 26.9. The summed E-state index contributed by atoms with van der Waals surface area (Å²) in [6.07, 6.45) is 2.12. The number of nitrogens with zero attached hydrogens (tertiary/aromatic N) is 4. The first-order valence-electron chi connectivity index (χ1n) is 11.3. The lowest BCUT2D eigenvalue weighted by molar-refractivity contribution is 0.0988. The van der Waals surface area contributed by atoms with Gasteiger partial charge in [0, 0.05) is 32.1 Å². The number of methoxy groups -OCH3 is 1. The van der Waals surface area contributed by atoms with Crippen molar-refractivity contribution in [3.05, 3.63) is 59.2 Å². The predicted octanol–water partition coefficient (Wildman–Crippen LogP) is 0.864. The maximum absolute atomic E-state index is 15.4. The molecule has 14 heteroatoms. The lowest BCUT2D eigenvalue weighted by Crippen LogP contribution is -2.66. The van der Waals surface area contributed by atoms with Crippen LogP contribution in [0.4, 0.5) is 4.39 Å². The summed E-state index contributed by atoms with van der Waals surface area (Å²) in [4.78, 5) is 21.4. The van der Waals surface area contributed by atoms with E-state index in [1.807, 2.05) is 0 Å². The van der Waals surface area contributed by atoms with Gasteiger partial charge < -0.3 is 10.5 Å². The number of pyridine rings is 1. The van der Waals surface area contributed by atoms with Crippen LogP contribution in [0.25, 0.3) is 0 Å². The smallest absolute Gasteiger partial charge is 0.247 e. The molecule has 0 amide bonds. The zero-order chi connectivity index (χ0) is 27.4. The quantitative estimate of drug-likeness (QED) is 0.517. The van der Waals surface area contributed by atoms with Gasteiger partial charge in [-0.05, 0) is 43.2 Å². The Hall–Kier alpha value is -3.10. The van der Waals surface area contributed by atoms with Crippen LogP contribution >= 0.6 is 0 Å². The van der Waals surface area contributed by atoms with Crippen LogP contribution in [0, 0.1) is 5.82 Å². The molecule has 2 aromatic rings. The summed E-state index contributed by atoms with van der Waals surface area (Å²) >= 11 is 0. The molecule has 1 spiro atoms. The van der Waals surface area contributed by atoms with E-state index < -0.39 is 42.7 Å². The molecule has 1 aromatic heterocycles. The minimum Gasteiger partial charge on any atom is -0.495 e. The van der Waals surface area contributed by atoms with E-state index in [1.165, 1.54) is 45.5 Å². The van der Waals surface area contributed by atoms with Crippen molar-refractivity contribution in [2.24, 2.45) is 10.7 Å². The van der Waals surface area contributed by atoms with E-state index in [9.17, 15) is 21.6 Å². The summed E-state index contributed by atoms with van der Waals surface area (Å²) in [5.41, 5.74) is 4.67.